The lowest BCUT2D eigenvalue weighted by Gasteiger charge is -2.65. The average molecular weight is 791 g/mol. The van der Waals surface area contributed by atoms with Crippen LogP contribution in [-0.4, -0.2) is 104 Å². The van der Waals surface area contributed by atoms with Gasteiger partial charge in [-0.1, -0.05) is 13.8 Å². The summed E-state index contributed by atoms with van der Waals surface area (Å²) in [5, 5.41) is 17.6. The Hall–Kier alpha value is -5.68. The number of piperazine rings is 1. The molecule has 1 saturated carbocycles. The summed E-state index contributed by atoms with van der Waals surface area (Å²) in [5.74, 6) is 0.371. The van der Waals surface area contributed by atoms with Crippen LogP contribution < -0.4 is 35.2 Å². The molecule has 4 aliphatic rings. The summed E-state index contributed by atoms with van der Waals surface area (Å²) in [6, 6.07) is 18.2. The van der Waals surface area contributed by atoms with E-state index in [4.69, 9.17) is 9.47 Å². The van der Waals surface area contributed by atoms with Gasteiger partial charge in [0.25, 0.3) is 11.8 Å². The monoisotopic (exact) mass is 790 g/mol. The maximum Gasteiger partial charge on any atom is 0.270 e. The van der Waals surface area contributed by atoms with Crippen LogP contribution in [0.25, 0.3) is 0 Å². The first-order valence-corrected chi connectivity index (χ1v) is 20.2. The zero-order valence-corrected chi connectivity index (χ0v) is 34.1. The van der Waals surface area contributed by atoms with Crippen LogP contribution in [-0.2, 0) is 9.59 Å². The van der Waals surface area contributed by atoms with E-state index in [-0.39, 0.29) is 30.3 Å². The first-order chi connectivity index (χ1) is 27.7. The quantitative estimate of drug-likeness (QED) is 0.237. The molecule has 4 fully saturated rings. The van der Waals surface area contributed by atoms with Crippen molar-refractivity contribution in [2.75, 3.05) is 62.7 Å². The highest BCUT2D eigenvalue weighted by Gasteiger charge is 2.67. The lowest BCUT2D eigenvalue weighted by Crippen LogP contribution is -2.77. The topological polar surface area (TPSA) is 169 Å². The highest BCUT2D eigenvalue weighted by Crippen LogP contribution is 2.58. The number of anilines is 2. The highest BCUT2D eigenvalue weighted by atomic mass is 16.5. The zero-order valence-electron chi connectivity index (χ0n) is 34.1. The third-order valence-corrected chi connectivity index (χ3v) is 13.3. The highest BCUT2D eigenvalue weighted by molar-refractivity contribution is 6.03. The minimum atomic E-state index is -0.733. The van der Waals surface area contributed by atoms with Gasteiger partial charge in [-0.15, -0.1) is 0 Å². The van der Waals surface area contributed by atoms with Crippen LogP contribution in [0.3, 0.4) is 0 Å². The Kier molecular flexibility index (Phi) is 11.4. The van der Waals surface area contributed by atoms with E-state index in [1.54, 1.807) is 30.5 Å². The van der Waals surface area contributed by atoms with Crippen LogP contribution in [0, 0.1) is 22.7 Å². The van der Waals surface area contributed by atoms with E-state index in [1.807, 2.05) is 18.2 Å². The molecule has 3 aromatic rings. The summed E-state index contributed by atoms with van der Waals surface area (Å²) in [6.07, 6.45) is 5.03. The third kappa shape index (κ3) is 8.18. The number of hydrogen-bond donors (Lipinski definition) is 3. The summed E-state index contributed by atoms with van der Waals surface area (Å²) < 4.78 is 11.9. The number of piperidine rings is 2. The number of carbonyl (C=O) groups excluding carboxylic acids is 4. The van der Waals surface area contributed by atoms with Crippen molar-refractivity contribution in [1.82, 2.24) is 25.8 Å². The number of rotatable bonds is 11. The molecule has 1 aliphatic carbocycles. The molecule has 4 amide bonds. The molecule has 58 heavy (non-hydrogen) atoms. The van der Waals surface area contributed by atoms with Gasteiger partial charge in [0.1, 0.15) is 34.9 Å². The van der Waals surface area contributed by atoms with E-state index < -0.39 is 34.4 Å². The summed E-state index contributed by atoms with van der Waals surface area (Å²) in [6.45, 7) is 15.0. The van der Waals surface area contributed by atoms with Gasteiger partial charge in [-0.05, 0) is 87.6 Å². The van der Waals surface area contributed by atoms with Gasteiger partial charge in [0, 0.05) is 81.4 Å². The standard InChI is InChI=1S/C44H54N8O6/c1-42(2)43(3,28-44(42,4)58-34-12-8-31(25-45)37(24-34)57-5)49-39(54)30-6-9-32(10-7-30)51-18-16-29(17-19-51)27-50-20-22-52(23-21-50)33-11-13-35(46-26-33)40(55)47-36-14-15-38(53)48-41(36)56/h6-13,24,26,29,36H,14-23,27-28H2,1-5H3,(H,47,55)(H,49,54)(H,48,53,56)/t36-,43?,44?/m0/s1. The van der Waals surface area contributed by atoms with Crippen LogP contribution in [0.4, 0.5) is 11.4 Å². The third-order valence-electron chi connectivity index (χ3n) is 13.3. The number of benzene rings is 2. The van der Waals surface area contributed by atoms with Gasteiger partial charge in [-0.2, -0.15) is 5.26 Å². The number of hydrogen-bond acceptors (Lipinski definition) is 11. The van der Waals surface area contributed by atoms with Crippen molar-refractivity contribution < 1.29 is 28.7 Å². The molecule has 14 nitrogen and oxygen atoms in total. The molecule has 3 atom stereocenters. The van der Waals surface area contributed by atoms with E-state index in [1.165, 1.54) is 7.11 Å². The maximum absolute atomic E-state index is 13.5. The number of amides is 4. The molecule has 0 bridgehead atoms. The number of nitrogens with one attached hydrogen (secondary N) is 3. The minimum absolute atomic E-state index is 0.106. The molecule has 7 rings (SSSR count). The number of methoxy groups -OCH3 is 1. The van der Waals surface area contributed by atoms with Gasteiger partial charge in [0.15, 0.2) is 0 Å². The molecule has 0 radical (unpaired) electrons. The van der Waals surface area contributed by atoms with Crippen molar-refractivity contribution in [3.8, 4) is 17.6 Å². The molecule has 2 unspecified atom stereocenters. The molecule has 2 aromatic carbocycles. The summed E-state index contributed by atoms with van der Waals surface area (Å²) in [5.41, 5.74) is 1.97. The Labute approximate surface area is 340 Å². The molecule has 3 saturated heterocycles. The van der Waals surface area contributed by atoms with Gasteiger partial charge < -0.3 is 29.9 Å². The van der Waals surface area contributed by atoms with Gasteiger partial charge in [-0.25, -0.2) is 4.98 Å². The van der Waals surface area contributed by atoms with Crippen LogP contribution in [0.5, 0.6) is 11.5 Å². The fourth-order valence-electron chi connectivity index (χ4n) is 8.89. The number of nitriles is 1. The SMILES string of the molecule is COc1cc(OC2(C)CC(C)(NC(=O)c3ccc(N4CCC(CN5CCN(c6ccc(C(=O)N[C@H]7CCC(=O)NC7=O)nc6)CC5)CC4)cc3)C2(C)C)ccc1C#N. The Morgan fingerprint density at radius 2 is 1.59 bits per heavy atom. The molecule has 3 N–H and O–H groups in total. The van der Waals surface area contributed by atoms with Crippen LogP contribution in [0.1, 0.15) is 86.2 Å². The Balaban J connectivity index is 0.835. The van der Waals surface area contributed by atoms with Crippen molar-refractivity contribution in [3.63, 3.8) is 0 Å². The second kappa shape index (κ2) is 16.3. The smallest absolute Gasteiger partial charge is 0.270 e. The Morgan fingerprint density at radius 3 is 2.21 bits per heavy atom. The van der Waals surface area contributed by atoms with E-state index in [9.17, 15) is 24.4 Å². The van der Waals surface area contributed by atoms with Crippen molar-refractivity contribution in [1.29, 1.82) is 5.26 Å². The number of ether oxygens (including phenoxy) is 2. The molecule has 306 valence electrons. The zero-order chi connectivity index (χ0) is 41.2. The number of aromatic nitrogens is 1. The summed E-state index contributed by atoms with van der Waals surface area (Å²) in [4.78, 5) is 61.2. The number of pyridine rings is 1. The summed E-state index contributed by atoms with van der Waals surface area (Å²) in [7, 11) is 1.53. The van der Waals surface area contributed by atoms with Gasteiger partial charge in [-0.3, -0.25) is 29.4 Å². The molecular formula is C44H54N8O6. The predicted octanol–water partition coefficient (Wildman–Crippen LogP) is 4.29. The average Bonchev–Trinajstić information content (AvgIpc) is 3.22. The normalized spacial score (nSPS) is 24.9. The summed E-state index contributed by atoms with van der Waals surface area (Å²) >= 11 is 0. The maximum atomic E-state index is 13.5. The Bertz CT molecular complexity index is 2070. The molecule has 3 aliphatic heterocycles. The van der Waals surface area contributed by atoms with Crippen LogP contribution in [0.15, 0.2) is 60.8 Å². The Morgan fingerprint density at radius 1 is 0.897 bits per heavy atom. The van der Waals surface area contributed by atoms with Crippen molar-refractivity contribution in [2.24, 2.45) is 11.3 Å². The molecule has 4 heterocycles. The van der Waals surface area contributed by atoms with Gasteiger partial charge in [0.05, 0.1) is 30.1 Å². The molecular weight excluding hydrogens is 737 g/mol. The van der Waals surface area contributed by atoms with Crippen molar-refractivity contribution in [3.05, 3.63) is 77.6 Å². The fraction of sp³-hybridized carbons (Fsp3) is 0.500. The van der Waals surface area contributed by atoms with Crippen molar-refractivity contribution in [2.45, 2.75) is 77.0 Å². The minimum Gasteiger partial charge on any atom is -0.495 e. The second-order valence-electron chi connectivity index (χ2n) is 17.0. The molecule has 0 spiro atoms. The van der Waals surface area contributed by atoms with Crippen LogP contribution in [0.2, 0.25) is 0 Å². The number of carbonyl (C=O) groups is 4. The number of nitrogens with zero attached hydrogens (tertiary/aromatic N) is 5. The molecule has 14 heteroatoms. The molecule has 1 aromatic heterocycles. The predicted molar refractivity (Wildman–Crippen MR) is 219 cm³/mol. The number of imide groups is 1. The fourth-order valence-corrected chi connectivity index (χ4v) is 8.89. The van der Waals surface area contributed by atoms with Gasteiger partial charge >= 0.3 is 0 Å². The van der Waals surface area contributed by atoms with Gasteiger partial charge in [0.2, 0.25) is 11.8 Å². The largest absolute Gasteiger partial charge is 0.495 e. The van der Waals surface area contributed by atoms with E-state index in [0.717, 1.165) is 70.0 Å². The van der Waals surface area contributed by atoms with Crippen molar-refractivity contribution >= 4 is 35.0 Å². The van der Waals surface area contributed by atoms with E-state index >= 15 is 0 Å². The first-order valence-electron chi connectivity index (χ1n) is 20.2. The second-order valence-corrected chi connectivity index (χ2v) is 17.0. The van der Waals surface area contributed by atoms with Crippen LogP contribution >= 0.6 is 0 Å². The lowest BCUT2D eigenvalue weighted by molar-refractivity contribution is -0.180. The first kappa shape index (κ1) is 40.5. The van der Waals surface area contributed by atoms with E-state index in [0.29, 0.717) is 35.0 Å². The lowest BCUT2D eigenvalue weighted by atomic mass is 9.48. The van der Waals surface area contributed by atoms with E-state index in [2.05, 4.69) is 81.5 Å².